The van der Waals surface area contributed by atoms with Crippen LogP contribution in [0.25, 0.3) is 0 Å². The first-order valence-corrected chi connectivity index (χ1v) is 6.17. The van der Waals surface area contributed by atoms with Gasteiger partial charge in [0.1, 0.15) is 11.6 Å². The van der Waals surface area contributed by atoms with Crippen LogP contribution in [0.5, 0.6) is 0 Å². The molecule has 18 heavy (non-hydrogen) atoms. The lowest BCUT2D eigenvalue weighted by Crippen LogP contribution is -2.26. The van der Waals surface area contributed by atoms with E-state index in [9.17, 15) is 0 Å². The van der Waals surface area contributed by atoms with Crippen molar-refractivity contribution in [2.75, 3.05) is 4.90 Å². The van der Waals surface area contributed by atoms with E-state index in [0.717, 1.165) is 23.8 Å². The van der Waals surface area contributed by atoms with Gasteiger partial charge in [0.2, 0.25) is 0 Å². The molecule has 0 unspecified atom stereocenters. The van der Waals surface area contributed by atoms with Crippen LogP contribution in [0.4, 0.5) is 5.82 Å². The Kier molecular flexibility index (Phi) is 2.98. The maximum atomic E-state index is 5.53. The highest BCUT2D eigenvalue weighted by Gasteiger charge is 2.30. The van der Waals surface area contributed by atoms with Gasteiger partial charge in [0, 0.05) is 12.6 Å². The van der Waals surface area contributed by atoms with Crippen LogP contribution >= 0.6 is 0 Å². The van der Waals surface area contributed by atoms with E-state index in [2.05, 4.69) is 14.9 Å². The van der Waals surface area contributed by atoms with Crippen molar-refractivity contribution in [2.24, 2.45) is 5.73 Å². The Bertz CT molecular complexity index is 490. The molecule has 3 rings (SSSR count). The minimum absolute atomic E-state index is 0.425. The second-order valence-electron chi connectivity index (χ2n) is 4.51. The Balaban J connectivity index is 1.80. The first-order valence-electron chi connectivity index (χ1n) is 6.17. The monoisotopic (exact) mass is 244 g/mol. The Labute approximate surface area is 106 Å². The summed E-state index contributed by atoms with van der Waals surface area (Å²) >= 11 is 0. The van der Waals surface area contributed by atoms with Crippen LogP contribution in [0, 0.1) is 0 Å². The van der Waals surface area contributed by atoms with E-state index in [-0.39, 0.29) is 0 Å². The van der Waals surface area contributed by atoms with Crippen molar-refractivity contribution in [3.05, 3.63) is 42.2 Å². The highest BCUT2D eigenvalue weighted by atomic mass is 16.3. The van der Waals surface area contributed by atoms with Crippen LogP contribution in [-0.2, 0) is 13.1 Å². The topological polar surface area (TPSA) is 68.2 Å². The van der Waals surface area contributed by atoms with E-state index in [0.29, 0.717) is 12.6 Å². The van der Waals surface area contributed by atoms with Gasteiger partial charge in [-0.1, -0.05) is 0 Å². The van der Waals surface area contributed by atoms with Gasteiger partial charge in [0.15, 0.2) is 0 Å². The van der Waals surface area contributed by atoms with Crippen molar-refractivity contribution in [3.8, 4) is 0 Å². The van der Waals surface area contributed by atoms with Gasteiger partial charge in [-0.05, 0) is 25.0 Å². The van der Waals surface area contributed by atoms with Crippen LogP contribution in [0.15, 0.2) is 35.2 Å². The van der Waals surface area contributed by atoms with E-state index in [1.165, 1.54) is 12.8 Å². The minimum Gasteiger partial charge on any atom is -0.467 e. The number of furan rings is 1. The molecule has 2 aromatic heterocycles. The van der Waals surface area contributed by atoms with Gasteiger partial charge in [-0.15, -0.1) is 0 Å². The molecule has 94 valence electrons. The molecule has 2 aromatic rings. The Morgan fingerprint density at radius 1 is 1.33 bits per heavy atom. The van der Waals surface area contributed by atoms with Gasteiger partial charge in [0.25, 0.3) is 0 Å². The highest BCUT2D eigenvalue weighted by Crippen LogP contribution is 2.31. The molecule has 5 nitrogen and oxygen atoms in total. The minimum atomic E-state index is 0.425. The van der Waals surface area contributed by atoms with Gasteiger partial charge < -0.3 is 15.1 Å². The molecule has 0 atom stereocenters. The predicted octanol–water partition coefficient (Wildman–Crippen LogP) is 1.70. The molecule has 1 saturated carbocycles. The summed E-state index contributed by atoms with van der Waals surface area (Å²) in [5, 5.41) is 0. The molecular weight excluding hydrogens is 228 g/mol. The van der Waals surface area contributed by atoms with Crippen molar-refractivity contribution in [3.63, 3.8) is 0 Å². The average molecular weight is 244 g/mol. The Morgan fingerprint density at radius 2 is 2.22 bits per heavy atom. The van der Waals surface area contributed by atoms with E-state index in [1.807, 2.05) is 12.1 Å². The lowest BCUT2D eigenvalue weighted by atomic mass is 10.3. The maximum Gasteiger partial charge on any atom is 0.147 e. The van der Waals surface area contributed by atoms with Crippen LogP contribution in [0.1, 0.15) is 24.3 Å². The SMILES string of the molecule is NCc1cnc(N(Cc2ccco2)C2CC2)cn1. The fraction of sp³-hybridized carbons (Fsp3) is 0.385. The quantitative estimate of drug-likeness (QED) is 0.867. The zero-order valence-corrected chi connectivity index (χ0v) is 10.1. The van der Waals surface area contributed by atoms with Gasteiger partial charge in [-0.25, -0.2) is 4.98 Å². The number of aromatic nitrogens is 2. The molecule has 0 aliphatic heterocycles. The van der Waals surface area contributed by atoms with E-state index in [4.69, 9.17) is 10.2 Å². The number of nitrogens with zero attached hydrogens (tertiary/aromatic N) is 3. The fourth-order valence-corrected chi connectivity index (χ4v) is 1.96. The summed E-state index contributed by atoms with van der Waals surface area (Å²) < 4.78 is 5.40. The second kappa shape index (κ2) is 4.78. The van der Waals surface area contributed by atoms with Crippen LogP contribution in [0.2, 0.25) is 0 Å². The van der Waals surface area contributed by atoms with Crippen LogP contribution in [-0.4, -0.2) is 16.0 Å². The normalized spacial score (nSPS) is 14.7. The summed E-state index contributed by atoms with van der Waals surface area (Å²) in [5.41, 5.74) is 6.34. The molecule has 1 aliphatic rings. The summed E-state index contributed by atoms with van der Waals surface area (Å²) in [6.45, 7) is 1.17. The Hall–Kier alpha value is -1.88. The summed E-state index contributed by atoms with van der Waals surface area (Å²) in [6, 6.07) is 4.45. The van der Waals surface area contributed by atoms with Crippen molar-refractivity contribution < 1.29 is 4.42 Å². The summed E-state index contributed by atoms with van der Waals surface area (Å²) in [5.74, 6) is 1.85. The highest BCUT2D eigenvalue weighted by molar-refractivity contribution is 5.39. The third-order valence-electron chi connectivity index (χ3n) is 3.09. The second-order valence-corrected chi connectivity index (χ2v) is 4.51. The molecule has 5 heteroatoms. The van der Waals surface area contributed by atoms with Gasteiger partial charge in [-0.2, -0.15) is 0 Å². The van der Waals surface area contributed by atoms with E-state index >= 15 is 0 Å². The first kappa shape index (κ1) is 11.2. The Morgan fingerprint density at radius 3 is 2.78 bits per heavy atom. The summed E-state index contributed by atoms with van der Waals surface area (Å²) in [7, 11) is 0. The summed E-state index contributed by atoms with van der Waals surface area (Å²) in [4.78, 5) is 11.0. The average Bonchev–Trinajstić information content (AvgIpc) is 3.13. The predicted molar refractivity (Wildman–Crippen MR) is 67.8 cm³/mol. The standard InChI is InChI=1S/C13H16N4O/c14-6-10-7-16-13(8-15-10)17(11-3-4-11)9-12-2-1-5-18-12/h1-2,5,7-8,11H,3-4,6,9,14H2. The zero-order valence-electron chi connectivity index (χ0n) is 10.1. The van der Waals surface area contributed by atoms with Gasteiger partial charge in [0.05, 0.1) is 30.9 Å². The summed E-state index contributed by atoms with van der Waals surface area (Å²) in [6.07, 6.45) is 7.65. The molecule has 2 heterocycles. The van der Waals surface area contributed by atoms with Crippen LogP contribution < -0.4 is 10.6 Å². The van der Waals surface area contributed by atoms with E-state index in [1.54, 1.807) is 18.7 Å². The lowest BCUT2D eigenvalue weighted by molar-refractivity contribution is 0.500. The van der Waals surface area contributed by atoms with Crippen molar-refractivity contribution in [2.45, 2.75) is 32.0 Å². The molecule has 2 N–H and O–H groups in total. The molecule has 0 saturated heterocycles. The van der Waals surface area contributed by atoms with Gasteiger partial charge in [-0.3, -0.25) is 4.98 Å². The molecular formula is C13H16N4O. The molecule has 0 aromatic carbocycles. The maximum absolute atomic E-state index is 5.53. The fourth-order valence-electron chi connectivity index (χ4n) is 1.96. The zero-order chi connectivity index (χ0) is 12.4. The molecule has 1 fully saturated rings. The lowest BCUT2D eigenvalue weighted by Gasteiger charge is -2.21. The third kappa shape index (κ3) is 2.36. The van der Waals surface area contributed by atoms with Gasteiger partial charge >= 0.3 is 0 Å². The third-order valence-corrected chi connectivity index (χ3v) is 3.09. The number of hydrogen-bond donors (Lipinski definition) is 1. The van der Waals surface area contributed by atoms with Crippen molar-refractivity contribution in [1.29, 1.82) is 0 Å². The first-order chi connectivity index (χ1) is 8.86. The number of rotatable bonds is 5. The molecule has 0 spiro atoms. The van der Waals surface area contributed by atoms with Crippen molar-refractivity contribution in [1.82, 2.24) is 9.97 Å². The molecule has 0 amide bonds. The molecule has 0 radical (unpaired) electrons. The largest absolute Gasteiger partial charge is 0.467 e. The number of hydrogen-bond acceptors (Lipinski definition) is 5. The van der Waals surface area contributed by atoms with Crippen LogP contribution in [0.3, 0.4) is 0 Å². The number of nitrogens with two attached hydrogens (primary N) is 1. The smallest absolute Gasteiger partial charge is 0.147 e. The molecule has 1 aliphatic carbocycles. The molecule has 0 bridgehead atoms. The number of anilines is 1. The van der Waals surface area contributed by atoms with E-state index < -0.39 is 0 Å². The van der Waals surface area contributed by atoms with Crippen molar-refractivity contribution >= 4 is 5.82 Å².